The summed E-state index contributed by atoms with van der Waals surface area (Å²) in [6.07, 6.45) is 6.35. The number of anilines is 1. The number of hydrogen-bond donors (Lipinski definition) is 1. The van der Waals surface area contributed by atoms with E-state index in [4.69, 9.17) is 0 Å². The predicted molar refractivity (Wildman–Crippen MR) is 125 cm³/mol. The monoisotopic (exact) mass is 473 g/mol. The number of thiophene rings is 1. The van der Waals surface area contributed by atoms with Crippen LogP contribution in [0, 0.1) is 0 Å². The van der Waals surface area contributed by atoms with Crippen LogP contribution in [0.1, 0.15) is 34.5 Å². The molecule has 1 aliphatic rings. The highest BCUT2D eigenvalue weighted by Gasteiger charge is 2.31. The van der Waals surface area contributed by atoms with Gasteiger partial charge in [0.25, 0.3) is 5.91 Å². The Bertz CT molecular complexity index is 1120. The van der Waals surface area contributed by atoms with Gasteiger partial charge in [0.15, 0.2) is 0 Å². The van der Waals surface area contributed by atoms with Crippen molar-refractivity contribution in [2.24, 2.45) is 0 Å². The van der Waals surface area contributed by atoms with Crippen LogP contribution in [0.4, 0.5) is 5.69 Å². The molecule has 1 fully saturated rings. The summed E-state index contributed by atoms with van der Waals surface area (Å²) in [4.78, 5) is 18.3. The molecule has 2 aromatic heterocycles. The van der Waals surface area contributed by atoms with E-state index in [2.05, 4.69) is 10.3 Å². The maximum absolute atomic E-state index is 13.0. The van der Waals surface area contributed by atoms with Gasteiger partial charge in [0.1, 0.15) is 9.77 Å². The molecule has 1 aliphatic heterocycles. The maximum atomic E-state index is 13.0. The van der Waals surface area contributed by atoms with Gasteiger partial charge in [0, 0.05) is 41.8 Å². The zero-order valence-corrected chi connectivity index (χ0v) is 19.3. The van der Waals surface area contributed by atoms with Crippen molar-refractivity contribution in [3.05, 3.63) is 70.7 Å². The van der Waals surface area contributed by atoms with Gasteiger partial charge in [-0.3, -0.25) is 9.78 Å². The minimum atomic E-state index is -3.65. The van der Waals surface area contributed by atoms with Crippen molar-refractivity contribution in [1.82, 2.24) is 9.29 Å². The van der Waals surface area contributed by atoms with Crippen molar-refractivity contribution < 1.29 is 13.2 Å². The van der Waals surface area contributed by atoms with E-state index in [1.165, 1.54) is 10.4 Å². The van der Waals surface area contributed by atoms with Crippen LogP contribution >= 0.6 is 23.1 Å². The standard InChI is InChI=1S/C22H23N3O3S3/c26-22(21-20(10-14-29-21)31(27,28)25-12-2-1-3-13-25)24-18-6-8-19(9-7-18)30-16-17-5-4-11-23-15-17/h4-11,14-15H,1-3,12-13,16H2,(H,24,26). The Balaban J connectivity index is 1.41. The summed E-state index contributed by atoms with van der Waals surface area (Å²) in [5, 5.41) is 4.49. The van der Waals surface area contributed by atoms with E-state index in [1.54, 1.807) is 23.3 Å². The van der Waals surface area contributed by atoms with Crippen molar-refractivity contribution in [2.75, 3.05) is 18.4 Å². The Labute approximate surface area is 190 Å². The number of carbonyl (C=O) groups is 1. The summed E-state index contributed by atoms with van der Waals surface area (Å²) in [6, 6.07) is 13.0. The molecule has 0 atom stereocenters. The van der Waals surface area contributed by atoms with Gasteiger partial charge >= 0.3 is 0 Å². The Morgan fingerprint density at radius 2 is 1.87 bits per heavy atom. The van der Waals surface area contributed by atoms with E-state index < -0.39 is 15.9 Å². The fourth-order valence-corrected chi connectivity index (χ4v) is 7.03. The van der Waals surface area contributed by atoms with Gasteiger partial charge in [-0.2, -0.15) is 4.31 Å². The molecule has 1 aromatic carbocycles. The van der Waals surface area contributed by atoms with Crippen LogP contribution in [0.15, 0.2) is 70.0 Å². The van der Waals surface area contributed by atoms with E-state index in [0.717, 1.165) is 46.8 Å². The zero-order chi connectivity index (χ0) is 21.7. The Morgan fingerprint density at radius 3 is 2.58 bits per heavy atom. The molecule has 3 aromatic rings. The van der Waals surface area contributed by atoms with Crippen molar-refractivity contribution in [3.63, 3.8) is 0 Å². The van der Waals surface area contributed by atoms with Crippen LogP contribution in [0.5, 0.6) is 0 Å². The molecule has 0 bridgehead atoms. The van der Waals surface area contributed by atoms with Crippen LogP contribution < -0.4 is 5.32 Å². The maximum Gasteiger partial charge on any atom is 0.267 e. The van der Waals surface area contributed by atoms with Crippen molar-refractivity contribution in [3.8, 4) is 0 Å². The SMILES string of the molecule is O=C(Nc1ccc(SCc2cccnc2)cc1)c1sccc1S(=O)(=O)N1CCCCC1. The molecule has 6 nitrogen and oxygen atoms in total. The number of nitrogens with zero attached hydrogens (tertiary/aromatic N) is 2. The molecular formula is C22H23N3O3S3. The molecule has 4 rings (SSSR count). The van der Waals surface area contributed by atoms with E-state index >= 15 is 0 Å². The number of thioether (sulfide) groups is 1. The molecule has 1 N–H and O–H groups in total. The number of hydrogen-bond acceptors (Lipinski definition) is 6. The van der Waals surface area contributed by atoms with Gasteiger partial charge in [-0.1, -0.05) is 12.5 Å². The first-order valence-electron chi connectivity index (χ1n) is 10.0. The minimum absolute atomic E-state index is 0.0977. The largest absolute Gasteiger partial charge is 0.321 e. The summed E-state index contributed by atoms with van der Waals surface area (Å²) < 4.78 is 27.5. The molecule has 1 amide bonds. The van der Waals surface area contributed by atoms with Crippen molar-refractivity contribution in [2.45, 2.75) is 34.8 Å². The molecule has 0 saturated carbocycles. The van der Waals surface area contributed by atoms with Crippen LogP contribution in [-0.2, 0) is 15.8 Å². The van der Waals surface area contributed by atoms with Crippen molar-refractivity contribution >= 4 is 44.7 Å². The number of pyridine rings is 1. The number of rotatable bonds is 7. The highest BCUT2D eigenvalue weighted by Crippen LogP contribution is 2.29. The third-order valence-corrected chi connectivity index (χ3v) is 9.08. The number of nitrogens with one attached hydrogen (secondary N) is 1. The molecule has 0 unspecified atom stereocenters. The Kier molecular flexibility index (Phi) is 7.06. The van der Waals surface area contributed by atoms with Crippen LogP contribution in [0.25, 0.3) is 0 Å². The second kappa shape index (κ2) is 9.95. The summed E-state index contributed by atoms with van der Waals surface area (Å²) in [5.41, 5.74) is 1.77. The number of benzene rings is 1. The highest BCUT2D eigenvalue weighted by atomic mass is 32.2. The lowest BCUT2D eigenvalue weighted by molar-refractivity contribution is 0.102. The Hall–Kier alpha value is -2.20. The van der Waals surface area contributed by atoms with Gasteiger partial charge in [-0.05, 0) is 60.2 Å². The van der Waals surface area contributed by atoms with Gasteiger partial charge in [0.2, 0.25) is 10.0 Å². The third kappa shape index (κ3) is 5.35. The van der Waals surface area contributed by atoms with E-state index in [0.29, 0.717) is 18.8 Å². The number of amides is 1. The Morgan fingerprint density at radius 1 is 1.10 bits per heavy atom. The third-order valence-electron chi connectivity index (χ3n) is 5.01. The van der Waals surface area contributed by atoms with Crippen LogP contribution in [0.2, 0.25) is 0 Å². The lowest BCUT2D eigenvalue weighted by Gasteiger charge is -2.25. The summed E-state index contributed by atoms with van der Waals surface area (Å²) >= 11 is 2.83. The lowest BCUT2D eigenvalue weighted by atomic mass is 10.2. The van der Waals surface area contributed by atoms with Gasteiger partial charge in [-0.25, -0.2) is 8.42 Å². The van der Waals surface area contributed by atoms with Crippen LogP contribution in [0.3, 0.4) is 0 Å². The number of carbonyl (C=O) groups excluding carboxylic acids is 1. The van der Waals surface area contributed by atoms with Gasteiger partial charge in [-0.15, -0.1) is 23.1 Å². The molecule has 162 valence electrons. The average Bonchev–Trinajstić information content (AvgIpc) is 3.31. The first-order chi connectivity index (χ1) is 15.0. The quantitative estimate of drug-likeness (QED) is 0.496. The van der Waals surface area contributed by atoms with E-state index in [-0.39, 0.29) is 9.77 Å². The van der Waals surface area contributed by atoms with Gasteiger partial charge < -0.3 is 5.32 Å². The fourth-order valence-electron chi connectivity index (χ4n) is 3.38. The van der Waals surface area contributed by atoms with E-state index in [1.807, 2.05) is 42.6 Å². The van der Waals surface area contributed by atoms with Crippen LogP contribution in [-0.4, -0.2) is 36.7 Å². The average molecular weight is 474 g/mol. The van der Waals surface area contributed by atoms with Gasteiger partial charge in [0.05, 0.1) is 0 Å². The number of aromatic nitrogens is 1. The first kappa shape index (κ1) is 22.0. The zero-order valence-electron chi connectivity index (χ0n) is 16.9. The molecular weight excluding hydrogens is 450 g/mol. The first-order valence-corrected chi connectivity index (χ1v) is 13.4. The second-order valence-corrected chi connectivity index (χ2v) is 11.1. The minimum Gasteiger partial charge on any atom is -0.321 e. The summed E-state index contributed by atoms with van der Waals surface area (Å²) in [7, 11) is -3.65. The lowest BCUT2D eigenvalue weighted by Crippen LogP contribution is -2.36. The molecule has 0 aliphatic carbocycles. The second-order valence-electron chi connectivity index (χ2n) is 7.21. The topological polar surface area (TPSA) is 79.4 Å². The fraction of sp³-hybridized carbons (Fsp3) is 0.273. The number of sulfonamides is 1. The normalized spacial score (nSPS) is 15.0. The molecule has 9 heteroatoms. The molecule has 31 heavy (non-hydrogen) atoms. The molecule has 0 radical (unpaired) electrons. The smallest absolute Gasteiger partial charge is 0.267 e. The molecule has 1 saturated heterocycles. The van der Waals surface area contributed by atoms with Crippen molar-refractivity contribution in [1.29, 1.82) is 0 Å². The highest BCUT2D eigenvalue weighted by molar-refractivity contribution is 7.98. The molecule has 3 heterocycles. The number of piperidine rings is 1. The van der Waals surface area contributed by atoms with E-state index in [9.17, 15) is 13.2 Å². The predicted octanol–water partition coefficient (Wildman–Crippen LogP) is 4.86. The summed E-state index contributed by atoms with van der Waals surface area (Å²) in [5.74, 6) is 0.410. The molecule has 0 spiro atoms. The summed E-state index contributed by atoms with van der Waals surface area (Å²) in [6.45, 7) is 1.02.